The Balaban J connectivity index is 2.59. The van der Waals surface area contributed by atoms with E-state index in [2.05, 4.69) is 9.98 Å². The summed E-state index contributed by atoms with van der Waals surface area (Å²) in [7, 11) is 0. The van der Waals surface area contributed by atoms with Gasteiger partial charge in [0.15, 0.2) is 0 Å². The van der Waals surface area contributed by atoms with Crippen molar-refractivity contribution in [3.63, 3.8) is 0 Å². The van der Waals surface area contributed by atoms with E-state index in [1.165, 1.54) is 0 Å². The third-order valence-corrected chi connectivity index (χ3v) is 1.30. The summed E-state index contributed by atoms with van der Waals surface area (Å²) in [6.45, 7) is 4.74. The molecule has 0 saturated carbocycles. The minimum Gasteiger partial charge on any atom is -0.290 e. The summed E-state index contributed by atoms with van der Waals surface area (Å²) in [5, 5.41) is 0. The number of hydrogen-bond acceptors (Lipinski definition) is 2. The van der Waals surface area contributed by atoms with Gasteiger partial charge >= 0.3 is 0 Å². The van der Waals surface area contributed by atoms with Crippen LogP contribution in [0.15, 0.2) is 29.5 Å². The first-order valence-corrected chi connectivity index (χ1v) is 3.65. The van der Waals surface area contributed by atoms with E-state index in [0.29, 0.717) is 0 Å². The Kier molecular flexibility index (Phi) is 2.78. The molecule has 2 nitrogen and oxygen atoms in total. The van der Waals surface area contributed by atoms with Crippen molar-refractivity contribution < 1.29 is 0 Å². The smallest absolute Gasteiger partial charge is 0.0653 e. The largest absolute Gasteiger partial charge is 0.290 e. The second kappa shape index (κ2) is 3.86. The Bertz CT molecular complexity index is 235. The van der Waals surface area contributed by atoms with Gasteiger partial charge in [0.05, 0.1) is 6.54 Å². The lowest BCUT2D eigenvalue weighted by atomic mass is 10.3. The molecule has 0 aliphatic rings. The lowest BCUT2D eigenvalue weighted by Crippen LogP contribution is -1.86. The second-order valence-electron chi connectivity index (χ2n) is 2.62. The third-order valence-electron chi connectivity index (χ3n) is 1.30. The van der Waals surface area contributed by atoms with Gasteiger partial charge in [-0.2, -0.15) is 0 Å². The standard InChI is InChI=1S/C9H12N2/c1-8(2)11-7-9-4-3-5-10-6-9/h3-6H,7H2,1-2H3. The highest BCUT2D eigenvalue weighted by Gasteiger charge is 1.87. The van der Waals surface area contributed by atoms with Gasteiger partial charge in [-0.1, -0.05) is 6.07 Å². The Labute approximate surface area is 67.0 Å². The van der Waals surface area contributed by atoms with E-state index in [9.17, 15) is 0 Å². The van der Waals surface area contributed by atoms with Crippen LogP contribution in [0.1, 0.15) is 19.4 Å². The molecule has 1 heterocycles. The normalized spacial score (nSPS) is 9.27. The van der Waals surface area contributed by atoms with Crippen LogP contribution in [0.4, 0.5) is 0 Å². The molecule has 1 aromatic heterocycles. The fourth-order valence-electron chi connectivity index (χ4n) is 0.741. The van der Waals surface area contributed by atoms with E-state index in [-0.39, 0.29) is 0 Å². The fraction of sp³-hybridized carbons (Fsp3) is 0.333. The first-order chi connectivity index (χ1) is 5.29. The van der Waals surface area contributed by atoms with Crippen molar-refractivity contribution in [3.05, 3.63) is 30.1 Å². The zero-order valence-corrected chi connectivity index (χ0v) is 6.91. The van der Waals surface area contributed by atoms with Gasteiger partial charge < -0.3 is 0 Å². The predicted octanol–water partition coefficient (Wildman–Crippen LogP) is 2.06. The Morgan fingerprint density at radius 2 is 2.36 bits per heavy atom. The van der Waals surface area contributed by atoms with Gasteiger partial charge in [-0.3, -0.25) is 9.98 Å². The maximum Gasteiger partial charge on any atom is 0.0653 e. The number of rotatable bonds is 2. The molecule has 2 heteroatoms. The maximum atomic E-state index is 4.27. The molecule has 58 valence electrons. The minimum absolute atomic E-state index is 0.746. The molecule has 0 amide bonds. The quantitative estimate of drug-likeness (QED) is 0.589. The highest BCUT2D eigenvalue weighted by molar-refractivity contribution is 5.79. The van der Waals surface area contributed by atoms with Gasteiger partial charge in [0.25, 0.3) is 0 Å². The lowest BCUT2D eigenvalue weighted by Gasteiger charge is -1.94. The van der Waals surface area contributed by atoms with Crippen molar-refractivity contribution >= 4 is 5.71 Å². The van der Waals surface area contributed by atoms with E-state index in [4.69, 9.17) is 0 Å². The van der Waals surface area contributed by atoms with E-state index in [1.54, 1.807) is 6.20 Å². The van der Waals surface area contributed by atoms with Crippen LogP contribution in [0.2, 0.25) is 0 Å². The molecule has 11 heavy (non-hydrogen) atoms. The monoisotopic (exact) mass is 148 g/mol. The summed E-state index contributed by atoms with van der Waals surface area (Å²) in [4.78, 5) is 8.26. The van der Waals surface area contributed by atoms with E-state index >= 15 is 0 Å². The average Bonchev–Trinajstić information content (AvgIpc) is 2.03. The number of nitrogens with zero attached hydrogens (tertiary/aromatic N) is 2. The zero-order chi connectivity index (χ0) is 8.10. The minimum atomic E-state index is 0.746. The van der Waals surface area contributed by atoms with Crippen LogP contribution < -0.4 is 0 Å². The molecule has 0 saturated heterocycles. The van der Waals surface area contributed by atoms with Crippen molar-refractivity contribution in [2.24, 2.45) is 4.99 Å². The third kappa shape index (κ3) is 2.94. The molecule has 1 rings (SSSR count). The molecule has 0 unspecified atom stereocenters. The van der Waals surface area contributed by atoms with Crippen LogP contribution in [-0.4, -0.2) is 10.7 Å². The van der Waals surface area contributed by atoms with Gasteiger partial charge in [0.1, 0.15) is 0 Å². The molecule has 0 bridgehead atoms. The highest BCUT2D eigenvalue weighted by Crippen LogP contribution is 1.97. The Hall–Kier alpha value is -1.18. The lowest BCUT2D eigenvalue weighted by molar-refractivity contribution is 1.04. The SMILES string of the molecule is CC(C)=NCc1cccnc1. The Morgan fingerprint density at radius 3 is 2.91 bits per heavy atom. The summed E-state index contributed by atoms with van der Waals surface area (Å²) in [5.41, 5.74) is 2.27. The van der Waals surface area contributed by atoms with Gasteiger partial charge in [0, 0.05) is 18.1 Å². The number of hydrogen-bond donors (Lipinski definition) is 0. The molecular weight excluding hydrogens is 136 g/mol. The van der Waals surface area contributed by atoms with Crippen LogP contribution in [-0.2, 0) is 6.54 Å². The van der Waals surface area contributed by atoms with E-state index in [0.717, 1.165) is 17.8 Å². The molecule has 0 N–H and O–H groups in total. The molecule has 0 spiro atoms. The molecule has 0 aliphatic carbocycles. The summed E-state index contributed by atoms with van der Waals surface area (Å²) in [6.07, 6.45) is 3.61. The van der Waals surface area contributed by atoms with Crippen LogP contribution in [0.5, 0.6) is 0 Å². The topological polar surface area (TPSA) is 25.2 Å². The fourth-order valence-corrected chi connectivity index (χ4v) is 0.741. The zero-order valence-electron chi connectivity index (χ0n) is 6.91. The molecule has 0 atom stereocenters. The van der Waals surface area contributed by atoms with Crippen molar-refractivity contribution in [3.8, 4) is 0 Å². The first-order valence-electron chi connectivity index (χ1n) is 3.65. The van der Waals surface area contributed by atoms with Gasteiger partial charge in [0.2, 0.25) is 0 Å². The summed E-state index contributed by atoms with van der Waals surface area (Å²) < 4.78 is 0. The van der Waals surface area contributed by atoms with Gasteiger partial charge in [-0.15, -0.1) is 0 Å². The molecule has 0 radical (unpaired) electrons. The highest BCUT2D eigenvalue weighted by atomic mass is 14.7. The number of aromatic nitrogens is 1. The van der Waals surface area contributed by atoms with E-state index < -0.39 is 0 Å². The van der Waals surface area contributed by atoms with Crippen molar-refractivity contribution in [1.29, 1.82) is 0 Å². The molecular formula is C9H12N2. The van der Waals surface area contributed by atoms with Crippen LogP contribution in [0, 0.1) is 0 Å². The van der Waals surface area contributed by atoms with Crippen molar-refractivity contribution in [2.45, 2.75) is 20.4 Å². The number of pyridine rings is 1. The summed E-state index contributed by atoms with van der Waals surface area (Å²) >= 11 is 0. The second-order valence-corrected chi connectivity index (χ2v) is 2.62. The van der Waals surface area contributed by atoms with E-state index in [1.807, 2.05) is 32.2 Å². The van der Waals surface area contributed by atoms with Crippen LogP contribution in [0.25, 0.3) is 0 Å². The molecule has 1 aromatic rings. The summed E-state index contributed by atoms with van der Waals surface area (Å²) in [6, 6.07) is 3.95. The maximum absolute atomic E-state index is 4.27. The number of aliphatic imine (C=N–C) groups is 1. The Morgan fingerprint density at radius 1 is 1.55 bits per heavy atom. The summed E-state index contributed by atoms with van der Waals surface area (Å²) in [5.74, 6) is 0. The predicted molar refractivity (Wildman–Crippen MR) is 46.7 cm³/mol. The van der Waals surface area contributed by atoms with Gasteiger partial charge in [-0.25, -0.2) is 0 Å². The van der Waals surface area contributed by atoms with Crippen molar-refractivity contribution in [2.75, 3.05) is 0 Å². The van der Waals surface area contributed by atoms with Crippen molar-refractivity contribution in [1.82, 2.24) is 4.98 Å². The van der Waals surface area contributed by atoms with Crippen LogP contribution in [0.3, 0.4) is 0 Å². The molecule has 0 fully saturated rings. The van der Waals surface area contributed by atoms with Gasteiger partial charge in [-0.05, 0) is 25.5 Å². The molecule has 0 aliphatic heterocycles. The van der Waals surface area contributed by atoms with Crippen LogP contribution >= 0.6 is 0 Å². The first kappa shape index (κ1) is 7.92. The average molecular weight is 148 g/mol. The molecule has 0 aromatic carbocycles.